The van der Waals surface area contributed by atoms with Crippen LogP contribution >= 0.6 is 0 Å². The van der Waals surface area contributed by atoms with Crippen LogP contribution in [0, 0.1) is 20.2 Å². The summed E-state index contributed by atoms with van der Waals surface area (Å²) in [5.41, 5.74) is 0. The summed E-state index contributed by atoms with van der Waals surface area (Å²) >= 11 is 0. The maximum atomic E-state index is 10.8. The second kappa shape index (κ2) is 5.62. The third-order valence-corrected chi connectivity index (χ3v) is 2.71. The van der Waals surface area contributed by atoms with Crippen molar-refractivity contribution in [2.45, 2.75) is 26.3 Å². The van der Waals surface area contributed by atoms with Gasteiger partial charge in [-0.05, 0) is 20.3 Å². The van der Waals surface area contributed by atoms with E-state index < -0.39 is 10.1 Å². The Morgan fingerprint density at radius 2 is 1.41 bits per heavy atom. The molecule has 0 aromatic carbocycles. The van der Waals surface area contributed by atoms with Gasteiger partial charge >= 0.3 is 0 Å². The van der Waals surface area contributed by atoms with Crippen LogP contribution in [-0.4, -0.2) is 57.5 Å². The van der Waals surface area contributed by atoms with E-state index in [9.17, 15) is 20.2 Å². The first-order valence-electron chi connectivity index (χ1n) is 5.44. The van der Waals surface area contributed by atoms with E-state index in [1.165, 1.54) is 0 Å². The van der Waals surface area contributed by atoms with Gasteiger partial charge < -0.3 is 0 Å². The summed E-state index contributed by atoms with van der Waals surface area (Å²) in [5.74, 6) is 0. The van der Waals surface area contributed by atoms with Crippen LogP contribution in [0.2, 0.25) is 0 Å². The van der Waals surface area contributed by atoms with Crippen LogP contribution in [0.5, 0.6) is 0 Å². The summed E-state index contributed by atoms with van der Waals surface area (Å²) in [5, 5.41) is 22.8. The Kier molecular flexibility index (Phi) is 4.44. The number of rotatable bonds is 3. The third-order valence-electron chi connectivity index (χ3n) is 2.71. The van der Waals surface area contributed by atoms with E-state index in [1.54, 1.807) is 4.90 Å². The highest BCUT2D eigenvalue weighted by Gasteiger charge is 2.28. The van der Waals surface area contributed by atoms with Crippen LogP contribution < -0.4 is 0 Å². The van der Waals surface area contributed by atoms with Crippen molar-refractivity contribution in [1.29, 1.82) is 0 Å². The lowest BCUT2D eigenvalue weighted by Crippen LogP contribution is -2.53. The largest absolute Gasteiger partial charge is 0.256 e. The maximum absolute atomic E-state index is 10.8. The zero-order chi connectivity index (χ0) is 13.0. The molecular formula is C8H17N5O4. The smallest absolute Gasteiger partial charge is 0.161 e. The predicted molar refractivity (Wildman–Crippen MR) is 58.7 cm³/mol. The Labute approximate surface area is 98.8 Å². The molecular weight excluding hydrogens is 230 g/mol. The molecule has 9 heteroatoms. The van der Waals surface area contributed by atoms with Crippen LogP contribution in [0.25, 0.3) is 0 Å². The fraction of sp³-hybridized carbons (Fsp3) is 1.00. The van der Waals surface area contributed by atoms with Gasteiger partial charge in [0, 0.05) is 6.04 Å². The predicted octanol–water partition coefficient (Wildman–Crippen LogP) is 0.00290. The van der Waals surface area contributed by atoms with Crippen molar-refractivity contribution in [3.63, 3.8) is 0 Å². The molecule has 9 nitrogen and oxygen atoms in total. The lowest BCUT2D eigenvalue weighted by molar-refractivity contribution is -0.677. The van der Waals surface area contributed by atoms with Gasteiger partial charge in [0.2, 0.25) is 0 Å². The fourth-order valence-electron chi connectivity index (χ4n) is 1.63. The minimum atomic E-state index is -0.447. The highest BCUT2D eigenvalue weighted by molar-refractivity contribution is 4.63. The summed E-state index contributed by atoms with van der Waals surface area (Å²) < 4.78 is 0. The summed E-state index contributed by atoms with van der Waals surface area (Å²) in [4.78, 5) is 23.2. The van der Waals surface area contributed by atoms with Gasteiger partial charge in [-0.1, -0.05) is 0 Å². The molecule has 1 saturated heterocycles. The van der Waals surface area contributed by atoms with Gasteiger partial charge in [-0.2, -0.15) is 0 Å². The summed E-state index contributed by atoms with van der Waals surface area (Å²) in [6, 6.07) is 0.0120. The van der Waals surface area contributed by atoms with Crippen LogP contribution in [0.15, 0.2) is 0 Å². The normalized spacial score (nSPS) is 19.0. The highest BCUT2D eigenvalue weighted by Crippen LogP contribution is 2.08. The molecule has 0 saturated carbocycles. The van der Waals surface area contributed by atoms with Gasteiger partial charge in [-0.25, -0.2) is 20.2 Å². The van der Waals surface area contributed by atoms with Crippen molar-refractivity contribution in [1.82, 2.24) is 14.9 Å². The first-order chi connectivity index (χ1) is 7.91. The Balaban J connectivity index is 2.74. The molecule has 0 bridgehead atoms. The van der Waals surface area contributed by atoms with Gasteiger partial charge in [0.15, 0.2) is 10.1 Å². The summed E-state index contributed by atoms with van der Waals surface area (Å²) in [6.07, 6.45) is 0.411. The minimum Gasteiger partial charge on any atom is -0.256 e. The number of nitro groups is 2. The van der Waals surface area contributed by atoms with Gasteiger partial charge in [-0.15, -0.1) is 10.0 Å². The fourth-order valence-corrected chi connectivity index (χ4v) is 1.63. The van der Waals surface area contributed by atoms with Crippen LogP contribution in [0.3, 0.4) is 0 Å². The molecule has 0 aliphatic carbocycles. The highest BCUT2D eigenvalue weighted by atomic mass is 16.7. The van der Waals surface area contributed by atoms with E-state index in [0.29, 0.717) is 6.42 Å². The lowest BCUT2D eigenvalue weighted by Gasteiger charge is -2.32. The van der Waals surface area contributed by atoms with Gasteiger partial charge in [0.25, 0.3) is 0 Å². The van der Waals surface area contributed by atoms with Crippen molar-refractivity contribution in [3.8, 4) is 0 Å². The molecule has 1 aliphatic heterocycles. The number of hydrogen-bond acceptors (Lipinski definition) is 5. The Hall–Kier alpha value is -1.64. The number of hydrogen-bond donors (Lipinski definition) is 0. The molecule has 1 fully saturated rings. The average molecular weight is 247 g/mol. The molecule has 0 spiro atoms. The van der Waals surface area contributed by atoms with Crippen molar-refractivity contribution in [2.24, 2.45) is 0 Å². The standard InChI is InChI=1S/C8H17N5O4/c1-8(2)9-6-10(12(14)15)4-3-5-11(7-9)13(16)17/h8H,3-7H2,1-2H3. The van der Waals surface area contributed by atoms with Crippen molar-refractivity contribution >= 4 is 0 Å². The molecule has 1 rings (SSSR count). The molecule has 0 atom stereocenters. The topological polar surface area (TPSA) is 96.0 Å². The molecule has 0 N–H and O–H groups in total. The summed E-state index contributed by atoms with van der Waals surface area (Å²) in [6.45, 7) is 4.38. The van der Waals surface area contributed by atoms with Gasteiger partial charge in [-0.3, -0.25) is 4.90 Å². The Bertz CT molecular complexity index is 274. The zero-order valence-electron chi connectivity index (χ0n) is 9.98. The van der Waals surface area contributed by atoms with E-state index in [2.05, 4.69) is 0 Å². The van der Waals surface area contributed by atoms with E-state index in [-0.39, 0.29) is 32.5 Å². The number of nitrogens with zero attached hydrogens (tertiary/aromatic N) is 5. The molecule has 0 amide bonds. The second-order valence-electron chi connectivity index (χ2n) is 4.25. The SMILES string of the molecule is CC(C)N1CN([N+](=O)[O-])CCCN([N+](=O)[O-])C1. The minimum absolute atomic E-state index is 0.0120. The first kappa shape index (κ1) is 13.4. The molecule has 0 aromatic rings. The molecule has 0 radical (unpaired) electrons. The van der Waals surface area contributed by atoms with E-state index >= 15 is 0 Å². The first-order valence-corrected chi connectivity index (χ1v) is 5.44. The van der Waals surface area contributed by atoms with Crippen molar-refractivity contribution in [2.75, 3.05) is 26.4 Å². The number of hydrazine groups is 2. The quantitative estimate of drug-likeness (QED) is 0.511. The van der Waals surface area contributed by atoms with Crippen LogP contribution in [-0.2, 0) is 0 Å². The Morgan fingerprint density at radius 3 is 1.71 bits per heavy atom. The molecule has 0 unspecified atom stereocenters. The zero-order valence-corrected chi connectivity index (χ0v) is 9.98. The van der Waals surface area contributed by atoms with Crippen molar-refractivity contribution < 1.29 is 10.1 Å². The van der Waals surface area contributed by atoms with E-state index in [1.807, 2.05) is 13.8 Å². The second-order valence-corrected chi connectivity index (χ2v) is 4.25. The Morgan fingerprint density at radius 1 is 1.00 bits per heavy atom. The molecule has 1 heterocycles. The van der Waals surface area contributed by atoms with Crippen LogP contribution in [0.1, 0.15) is 20.3 Å². The monoisotopic (exact) mass is 247 g/mol. The van der Waals surface area contributed by atoms with Crippen molar-refractivity contribution in [3.05, 3.63) is 20.2 Å². The molecule has 17 heavy (non-hydrogen) atoms. The van der Waals surface area contributed by atoms with Gasteiger partial charge in [0.1, 0.15) is 13.3 Å². The molecule has 1 aliphatic rings. The molecule has 0 aromatic heterocycles. The van der Waals surface area contributed by atoms with Crippen LogP contribution in [0.4, 0.5) is 0 Å². The third kappa shape index (κ3) is 3.70. The molecule has 98 valence electrons. The maximum Gasteiger partial charge on any atom is 0.161 e. The lowest BCUT2D eigenvalue weighted by atomic mass is 10.3. The van der Waals surface area contributed by atoms with Gasteiger partial charge in [0.05, 0.1) is 13.1 Å². The average Bonchev–Trinajstić information content (AvgIpc) is 2.15. The van der Waals surface area contributed by atoms with E-state index in [4.69, 9.17) is 0 Å². The van der Waals surface area contributed by atoms with E-state index in [0.717, 1.165) is 10.0 Å². The summed E-state index contributed by atoms with van der Waals surface area (Å²) in [7, 11) is 0.